The molecule has 0 fully saturated rings. The molecule has 2 aromatic carbocycles. The van der Waals surface area contributed by atoms with Gasteiger partial charge in [-0.25, -0.2) is 0 Å². The Hall–Kier alpha value is -1.96. The molecule has 0 amide bonds. The number of benzene rings is 2. The van der Waals surface area contributed by atoms with Crippen molar-refractivity contribution in [3.63, 3.8) is 0 Å². The molecule has 3 rings (SSSR count). The van der Waals surface area contributed by atoms with E-state index in [0.717, 1.165) is 11.4 Å². The fourth-order valence-corrected chi connectivity index (χ4v) is 2.44. The zero-order chi connectivity index (χ0) is 11.1. The third-order valence-corrected chi connectivity index (χ3v) is 3.09. The lowest BCUT2D eigenvalue weighted by atomic mass is 10.1. The highest BCUT2D eigenvalue weighted by Crippen LogP contribution is 2.31. The molecule has 1 aliphatic carbocycles. The highest BCUT2D eigenvalue weighted by Gasteiger charge is 2.25. The van der Waals surface area contributed by atoms with Crippen LogP contribution in [-0.2, 0) is 0 Å². The van der Waals surface area contributed by atoms with Gasteiger partial charge in [0.25, 0.3) is 0 Å². The lowest BCUT2D eigenvalue weighted by Crippen LogP contribution is -2.09. The second-order valence-corrected chi connectivity index (χ2v) is 3.85. The molecular weight excluding hydrogens is 196 g/mol. The van der Waals surface area contributed by atoms with E-state index < -0.39 is 0 Å². The fourth-order valence-electron chi connectivity index (χ4n) is 2.44. The van der Waals surface area contributed by atoms with E-state index in [0.29, 0.717) is 0 Å². The Kier molecular flexibility index (Phi) is 1.90. The molecule has 1 aliphatic rings. The minimum atomic E-state index is 1.01. The van der Waals surface area contributed by atoms with Gasteiger partial charge in [-0.1, -0.05) is 36.4 Å². The van der Waals surface area contributed by atoms with Crippen molar-refractivity contribution in [1.29, 1.82) is 0 Å². The summed E-state index contributed by atoms with van der Waals surface area (Å²) in [6.45, 7) is 0. The van der Waals surface area contributed by atoms with Gasteiger partial charge >= 0.3 is 0 Å². The topological polar surface area (TPSA) is 24.7 Å². The summed E-state index contributed by atoms with van der Waals surface area (Å²) in [6, 6.07) is 12.7. The minimum absolute atomic E-state index is 1.01. The van der Waals surface area contributed by atoms with E-state index in [9.17, 15) is 0 Å². The molecule has 0 saturated heterocycles. The standard InChI is InChI=1S/C14H12N2/c1-15-13-10-7-3-5-9-6-4-8-11(12(9)10)14(13)16-2/h3-8H,1-2H3. The van der Waals surface area contributed by atoms with E-state index >= 15 is 0 Å². The maximum atomic E-state index is 4.37. The summed E-state index contributed by atoms with van der Waals surface area (Å²) in [7, 11) is 3.65. The fraction of sp³-hybridized carbons (Fsp3) is 0.143. The third-order valence-electron chi connectivity index (χ3n) is 3.09. The zero-order valence-corrected chi connectivity index (χ0v) is 9.36. The average molecular weight is 208 g/mol. The van der Waals surface area contributed by atoms with Crippen molar-refractivity contribution in [3.05, 3.63) is 47.5 Å². The first-order chi connectivity index (χ1) is 7.86. The predicted octanol–water partition coefficient (Wildman–Crippen LogP) is 2.69. The maximum Gasteiger partial charge on any atom is 0.0907 e. The van der Waals surface area contributed by atoms with Gasteiger partial charge in [-0.15, -0.1) is 0 Å². The number of aliphatic imine (C=N–C) groups is 2. The van der Waals surface area contributed by atoms with Gasteiger partial charge in [0, 0.05) is 30.6 Å². The van der Waals surface area contributed by atoms with Crippen LogP contribution in [0.5, 0.6) is 0 Å². The van der Waals surface area contributed by atoms with Crippen molar-refractivity contribution in [2.75, 3.05) is 14.1 Å². The van der Waals surface area contributed by atoms with Gasteiger partial charge < -0.3 is 0 Å². The van der Waals surface area contributed by atoms with Crippen LogP contribution in [0.2, 0.25) is 0 Å². The van der Waals surface area contributed by atoms with E-state index in [1.165, 1.54) is 21.9 Å². The van der Waals surface area contributed by atoms with Crippen molar-refractivity contribution < 1.29 is 0 Å². The van der Waals surface area contributed by atoms with Crippen molar-refractivity contribution >= 4 is 22.2 Å². The van der Waals surface area contributed by atoms with Crippen molar-refractivity contribution in [1.82, 2.24) is 0 Å². The summed E-state index contributed by atoms with van der Waals surface area (Å²) < 4.78 is 0. The van der Waals surface area contributed by atoms with Crippen molar-refractivity contribution in [2.45, 2.75) is 0 Å². The van der Waals surface area contributed by atoms with Crippen LogP contribution < -0.4 is 0 Å². The first kappa shape index (κ1) is 9.28. The monoisotopic (exact) mass is 208 g/mol. The Labute approximate surface area is 94.4 Å². The Bertz CT molecular complexity index is 583. The third kappa shape index (κ3) is 1.01. The van der Waals surface area contributed by atoms with Gasteiger partial charge in [-0.2, -0.15) is 0 Å². The molecule has 2 nitrogen and oxygen atoms in total. The summed E-state index contributed by atoms with van der Waals surface area (Å²) in [6.07, 6.45) is 0. The van der Waals surface area contributed by atoms with Crippen molar-refractivity contribution in [2.24, 2.45) is 9.98 Å². The largest absolute Gasteiger partial charge is 0.286 e. The number of nitrogens with zero attached hydrogens (tertiary/aromatic N) is 2. The second kappa shape index (κ2) is 3.27. The van der Waals surface area contributed by atoms with Crippen LogP contribution in [-0.4, -0.2) is 25.5 Å². The highest BCUT2D eigenvalue weighted by molar-refractivity contribution is 6.60. The van der Waals surface area contributed by atoms with Crippen molar-refractivity contribution in [3.8, 4) is 0 Å². The van der Waals surface area contributed by atoms with Gasteiger partial charge in [0.1, 0.15) is 0 Å². The van der Waals surface area contributed by atoms with E-state index in [-0.39, 0.29) is 0 Å². The van der Waals surface area contributed by atoms with Crippen LogP contribution in [0.25, 0.3) is 10.8 Å². The lowest BCUT2D eigenvalue weighted by Gasteiger charge is -1.98. The minimum Gasteiger partial charge on any atom is -0.286 e. The molecule has 16 heavy (non-hydrogen) atoms. The summed E-state index contributed by atoms with van der Waals surface area (Å²) in [5.74, 6) is 0. The van der Waals surface area contributed by atoms with Gasteiger partial charge in [0.15, 0.2) is 0 Å². The summed E-state index contributed by atoms with van der Waals surface area (Å²) in [5.41, 5.74) is 4.43. The van der Waals surface area contributed by atoms with E-state index in [1.807, 2.05) is 14.1 Å². The molecule has 0 bridgehead atoms. The Morgan fingerprint density at radius 2 is 1.25 bits per heavy atom. The molecule has 0 spiro atoms. The Morgan fingerprint density at radius 3 is 1.69 bits per heavy atom. The van der Waals surface area contributed by atoms with Gasteiger partial charge in [-0.05, 0) is 5.39 Å². The van der Waals surface area contributed by atoms with Gasteiger partial charge in [0.2, 0.25) is 0 Å². The summed E-state index contributed by atoms with van der Waals surface area (Å²) in [5, 5.41) is 2.54. The number of hydrogen-bond acceptors (Lipinski definition) is 2. The Balaban J connectivity index is 2.53. The average Bonchev–Trinajstić information content (AvgIpc) is 2.65. The van der Waals surface area contributed by atoms with Crippen LogP contribution in [0.4, 0.5) is 0 Å². The molecule has 0 aromatic heterocycles. The van der Waals surface area contributed by atoms with Crippen LogP contribution in [0.15, 0.2) is 46.4 Å². The molecule has 0 radical (unpaired) electrons. The van der Waals surface area contributed by atoms with Crippen LogP contribution >= 0.6 is 0 Å². The second-order valence-electron chi connectivity index (χ2n) is 3.85. The molecule has 0 unspecified atom stereocenters. The SMILES string of the molecule is CN=C1C(=NC)c2cccc3cccc1c23. The maximum absolute atomic E-state index is 4.37. The number of rotatable bonds is 0. The van der Waals surface area contributed by atoms with Gasteiger partial charge in [-0.3, -0.25) is 9.98 Å². The first-order valence-electron chi connectivity index (χ1n) is 5.33. The summed E-state index contributed by atoms with van der Waals surface area (Å²) in [4.78, 5) is 8.73. The molecule has 2 aromatic rings. The Morgan fingerprint density at radius 1 is 0.750 bits per heavy atom. The van der Waals surface area contributed by atoms with E-state index in [2.05, 4.69) is 46.4 Å². The zero-order valence-electron chi connectivity index (χ0n) is 9.36. The molecule has 0 N–H and O–H groups in total. The molecule has 0 heterocycles. The summed E-state index contributed by atoms with van der Waals surface area (Å²) >= 11 is 0. The molecule has 2 heteroatoms. The van der Waals surface area contributed by atoms with E-state index in [4.69, 9.17) is 0 Å². The van der Waals surface area contributed by atoms with Crippen LogP contribution in [0.1, 0.15) is 11.1 Å². The van der Waals surface area contributed by atoms with Gasteiger partial charge in [0.05, 0.1) is 11.4 Å². The highest BCUT2D eigenvalue weighted by atomic mass is 14.8. The molecule has 78 valence electrons. The smallest absolute Gasteiger partial charge is 0.0907 e. The van der Waals surface area contributed by atoms with Crippen LogP contribution in [0.3, 0.4) is 0 Å². The molecular formula is C14H12N2. The molecule has 0 saturated carbocycles. The molecule has 0 atom stereocenters. The normalized spacial score (nSPS) is 18.9. The van der Waals surface area contributed by atoms with E-state index in [1.54, 1.807) is 0 Å². The molecule has 0 aliphatic heterocycles. The number of hydrogen-bond donors (Lipinski definition) is 0. The van der Waals surface area contributed by atoms with Crippen LogP contribution in [0, 0.1) is 0 Å². The quantitative estimate of drug-likeness (QED) is 0.636. The first-order valence-corrected chi connectivity index (χ1v) is 5.33. The predicted molar refractivity (Wildman–Crippen MR) is 68.9 cm³/mol. The lowest BCUT2D eigenvalue weighted by molar-refractivity contribution is 1.42.